The molecule has 0 aromatic heterocycles. The Morgan fingerprint density at radius 2 is 2.11 bits per heavy atom. The van der Waals surface area contributed by atoms with Gasteiger partial charge in [0.25, 0.3) is 0 Å². The van der Waals surface area contributed by atoms with Gasteiger partial charge in [0.15, 0.2) is 0 Å². The van der Waals surface area contributed by atoms with Crippen LogP contribution >= 0.6 is 11.6 Å². The lowest BCUT2D eigenvalue weighted by atomic mass is 9.80. The Morgan fingerprint density at radius 3 is 2.74 bits per heavy atom. The second kappa shape index (κ2) is 6.41. The highest BCUT2D eigenvalue weighted by Gasteiger charge is 2.25. The van der Waals surface area contributed by atoms with Crippen molar-refractivity contribution in [3.05, 3.63) is 34.3 Å². The summed E-state index contributed by atoms with van der Waals surface area (Å²) in [5.74, 6) is 1.54. The minimum absolute atomic E-state index is 0.345. The second-order valence-corrected chi connectivity index (χ2v) is 6.03. The molecule has 1 aliphatic rings. The third-order valence-corrected chi connectivity index (χ3v) is 4.56. The quantitative estimate of drug-likeness (QED) is 0.812. The molecule has 3 heteroatoms. The highest BCUT2D eigenvalue weighted by atomic mass is 35.5. The molecule has 1 saturated carbocycles. The number of hydrogen-bond donors (Lipinski definition) is 0. The average molecular weight is 278 g/mol. The van der Waals surface area contributed by atoms with Crippen LogP contribution in [0, 0.1) is 23.2 Å². The van der Waals surface area contributed by atoms with Crippen molar-refractivity contribution in [3.8, 4) is 6.07 Å². The first kappa shape index (κ1) is 14.4. The fourth-order valence-corrected chi connectivity index (χ4v) is 2.83. The molecule has 102 valence electrons. The SMILES string of the molecule is CC1CCC(OCc2ccc(C#N)cc2Cl)CC1C. The van der Waals surface area contributed by atoms with Crippen molar-refractivity contribution >= 4 is 11.6 Å². The summed E-state index contributed by atoms with van der Waals surface area (Å²) in [4.78, 5) is 0. The molecule has 0 amide bonds. The summed E-state index contributed by atoms with van der Waals surface area (Å²) in [5.41, 5.74) is 1.56. The number of hydrogen-bond acceptors (Lipinski definition) is 2. The van der Waals surface area contributed by atoms with Crippen LogP contribution in [-0.4, -0.2) is 6.10 Å². The fraction of sp³-hybridized carbons (Fsp3) is 0.562. The molecule has 1 fully saturated rings. The largest absolute Gasteiger partial charge is 0.373 e. The first-order valence-corrected chi connectivity index (χ1v) is 7.28. The Morgan fingerprint density at radius 1 is 1.32 bits per heavy atom. The van der Waals surface area contributed by atoms with Crippen LogP contribution in [0.25, 0.3) is 0 Å². The van der Waals surface area contributed by atoms with Gasteiger partial charge >= 0.3 is 0 Å². The van der Waals surface area contributed by atoms with Crippen LogP contribution in [-0.2, 0) is 11.3 Å². The van der Waals surface area contributed by atoms with Gasteiger partial charge < -0.3 is 4.74 Å². The van der Waals surface area contributed by atoms with E-state index in [2.05, 4.69) is 19.9 Å². The number of nitriles is 1. The summed E-state index contributed by atoms with van der Waals surface area (Å²) in [6.45, 7) is 5.16. The Balaban J connectivity index is 1.91. The highest BCUT2D eigenvalue weighted by molar-refractivity contribution is 6.31. The average Bonchev–Trinajstić information content (AvgIpc) is 2.41. The summed E-state index contributed by atoms with van der Waals surface area (Å²) in [7, 11) is 0. The van der Waals surface area contributed by atoms with E-state index in [0.717, 1.165) is 30.2 Å². The first-order chi connectivity index (χ1) is 9.10. The van der Waals surface area contributed by atoms with E-state index in [1.165, 1.54) is 6.42 Å². The van der Waals surface area contributed by atoms with E-state index in [1.807, 2.05) is 6.07 Å². The lowest BCUT2D eigenvalue weighted by Crippen LogP contribution is -2.26. The van der Waals surface area contributed by atoms with Gasteiger partial charge in [-0.05, 0) is 48.8 Å². The third-order valence-electron chi connectivity index (χ3n) is 4.21. The topological polar surface area (TPSA) is 33.0 Å². The van der Waals surface area contributed by atoms with Gasteiger partial charge in [0.2, 0.25) is 0 Å². The summed E-state index contributed by atoms with van der Waals surface area (Å²) >= 11 is 6.15. The Labute approximate surface area is 120 Å². The molecule has 2 rings (SSSR count). The van der Waals surface area contributed by atoms with Gasteiger partial charge in [-0.15, -0.1) is 0 Å². The zero-order chi connectivity index (χ0) is 13.8. The number of rotatable bonds is 3. The molecule has 1 aliphatic carbocycles. The number of halogens is 1. The summed E-state index contributed by atoms with van der Waals surface area (Å²) in [6.07, 6.45) is 3.86. The van der Waals surface area contributed by atoms with E-state index >= 15 is 0 Å². The predicted molar refractivity (Wildman–Crippen MR) is 76.9 cm³/mol. The first-order valence-electron chi connectivity index (χ1n) is 6.90. The minimum Gasteiger partial charge on any atom is -0.373 e. The Bertz CT molecular complexity index is 480. The van der Waals surface area contributed by atoms with Crippen molar-refractivity contribution in [2.75, 3.05) is 0 Å². The van der Waals surface area contributed by atoms with Crippen molar-refractivity contribution < 1.29 is 4.74 Å². The number of ether oxygens (including phenoxy) is 1. The van der Waals surface area contributed by atoms with Gasteiger partial charge in [-0.2, -0.15) is 5.26 Å². The molecule has 1 aromatic rings. The van der Waals surface area contributed by atoms with Gasteiger partial charge in [0.05, 0.1) is 24.3 Å². The molecule has 19 heavy (non-hydrogen) atoms. The normalized spacial score (nSPS) is 26.9. The van der Waals surface area contributed by atoms with Crippen LogP contribution in [0.1, 0.15) is 44.2 Å². The van der Waals surface area contributed by atoms with Crippen molar-refractivity contribution in [1.29, 1.82) is 5.26 Å². The van der Waals surface area contributed by atoms with Crippen LogP contribution in [0.15, 0.2) is 18.2 Å². The molecule has 0 bridgehead atoms. The van der Waals surface area contributed by atoms with E-state index in [-0.39, 0.29) is 0 Å². The van der Waals surface area contributed by atoms with Crippen molar-refractivity contribution in [2.45, 2.75) is 45.8 Å². The molecule has 0 aliphatic heterocycles. The molecule has 0 N–H and O–H groups in total. The molecule has 0 saturated heterocycles. The Kier molecular flexibility index (Phi) is 4.85. The van der Waals surface area contributed by atoms with Crippen LogP contribution in [0.2, 0.25) is 5.02 Å². The Hall–Kier alpha value is -1.04. The van der Waals surface area contributed by atoms with Crippen molar-refractivity contribution in [3.63, 3.8) is 0 Å². The maximum absolute atomic E-state index is 8.80. The van der Waals surface area contributed by atoms with E-state index < -0.39 is 0 Å². The van der Waals surface area contributed by atoms with Gasteiger partial charge in [0.1, 0.15) is 0 Å². The molecule has 1 aromatic carbocycles. The zero-order valence-corrected chi connectivity index (χ0v) is 12.3. The smallest absolute Gasteiger partial charge is 0.0992 e. The maximum Gasteiger partial charge on any atom is 0.0992 e. The molecule has 3 unspecified atom stereocenters. The molecule has 3 atom stereocenters. The molecule has 0 heterocycles. The van der Waals surface area contributed by atoms with E-state index in [4.69, 9.17) is 21.6 Å². The monoisotopic (exact) mass is 277 g/mol. The fourth-order valence-electron chi connectivity index (χ4n) is 2.59. The third kappa shape index (κ3) is 3.72. The van der Waals surface area contributed by atoms with Crippen LogP contribution in [0.4, 0.5) is 0 Å². The van der Waals surface area contributed by atoms with Crippen LogP contribution in [0.5, 0.6) is 0 Å². The summed E-state index contributed by atoms with van der Waals surface area (Å²) < 4.78 is 5.97. The van der Waals surface area contributed by atoms with Crippen LogP contribution < -0.4 is 0 Å². The summed E-state index contributed by atoms with van der Waals surface area (Å²) in [5, 5.41) is 9.42. The molecule has 2 nitrogen and oxygen atoms in total. The highest BCUT2D eigenvalue weighted by Crippen LogP contribution is 2.31. The van der Waals surface area contributed by atoms with Gasteiger partial charge in [-0.1, -0.05) is 31.5 Å². The minimum atomic E-state index is 0.345. The molecular formula is C16H20ClNO. The zero-order valence-electron chi connectivity index (χ0n) is 11.5. The van der Waals surface area contributed by atoms with Crippen LogP contribution in [0.3, 0.4) is 0 Å². The van der Waals surface area contributed by atoms with E-state index in [9.17, 15) is 0 Å². The standard InChI is InChI=1S/C16H20ClNO/c1-11-3-6-15(7-12(11)2)19-10-14-5-4-13(9-18)8-16(14)17/h4-5,8,11-12,15H,3,6-7,10H2,1-2H3. The lowest BCUT2D eigenvalue weighted by Gasteiger charge is -2.32. The van der Waals surface area contributed by atoms with Crippen molar-refractivity contribution in [2.24, 2.45) is 11.8 Å². The van der Waals surface area contributed by atoms with Gasteiger partial charge in [-0.25, -0.2) is 0 Å². The molecule has 0 radical (unpaired) electrons. The summed E-state index contributed by atoms with van der Waals surface area (Å²) in [6, 6.07) is 7.46. The number of benzene rings is 1. The van der Waals surface area contributed by atoms with E-state index in [1.54, 1.807) is 12.1 Å². The lowest BCUT2D eigenvalue weighted by molar-refractivity contribution is -0.00741. The molecular weight excluding hydrogens is 258 g/mol. The van der Waals surface area contributed by atoms with Crippen molar-refractivity contribution in [1.82, 2.24) is 0 Å². The van der Waals surface area contributed by atoms with E-state index in [0.29, 0.717) is 23.3 Å². The molecule has 0 spiro atoms. The van der Waals surface area contributed by atoms with Gasteiger partial charge in [0, 0.05) is 5.02 Å². The maximum atomic E-state index is 8.80. The predicted octanol–water partition coefficient (Wildman–Crippen LogP) is 4.55. The van der Waals surface area contributed by atoms with Gasteiger partial charge in [-0.3, -0.25) is 0 Å². The second-order valence-electron chi connectivity index (χ2n) is 5.62. The number of nitrogens with zero attached hydrogens (tertiary/aromatic N) is 1.